The van der Waals surface area contributed by atoms with Gasteiger partial charge in [-0.3, -0.25) is 0 Å². The molecule has 0 N–H and O–H groups in total. The van der Waals surface area contributed by atoms with E-state index in [4.69, 9.17) is 4.74 Å². The second-order valence-corrected chi connectivity index (χ2v) is 6.13. The van der Waals surface area contributed by atoms with Crippen molar-refractivity contribution < 1.29 is 4.74 Å². The van der Waals surface area contributed by atoms with Gasteiger partial charge in [-0.1, -0.05) is 34.8 Å². The molecule has 0 atom stereocenters. The van der Waals surface area contributed by atoms with Crippen molar-refractivity contribution in [3.8, 4) is 5.75 Å². The van der Waals surface area contributed by atoms with Gasteiger partial charge in [-0.05, 0) is 44.0 Å². The molecule has 2 rings (SSSR count). The molecule has 1 aliphatic rings. The largest absolute Gasteiger partial charge is 0.492 e. The molecule has 0 saturated heterocycles. The molecule has 3 heteroatoms. The Hall–Kier alpha value is -0.540. The number of ether oxygens (including phenoxy) is 1. The van der Waals surface area contributed by atoms with Gasteiger partial charge in [0.15, 0.2) is 0 Å². The summed E-state index contributed by atoms with van der Waals surface area (Å²) in [7, 11) is 2.20. The van der Waals surface area contributed by atoms with Crippen LogP contribution in [-0.4, -0.2) is 31.6 Å². The SMILES string of the molecule is CN(CCOc1cccc(Br)c1)CC1CCCC1. The van der Waals surface area contributed by atoms with Crippen molar-refractivity contribution in [2.45, 2.75) is 25.7 Å². The number of benzene rings is 1. The van der Waals surface area contributed by atoms with Crippen molar-refractivity contribution in [2.24, 2.45) is 5.92 Å². The average molecular weight is 312 g/mol. The fraction of sp³-hybridized carbons (Fsp3) is 0.600. The molecule has 0 heterocycles. The monoisotopic (exact) mass is 311 g/mol. The van der Waals surface area contributed by atoms with Crippen molar-refractivity contribution >= 4 is 15.9 Å². The first-order valence-corrected chi connectivity index (χ1v) is 7.60. The fourth-order valence-electron chi connectivity index (χ4n) is 2.60. The number of hydrogen-bond acceptors (Lipinski definition) is 2. The van der Waals surface area contributed by atoms with Gasteiger partial charge < -0.3 is 9.64 Å². The van der Waals surface area contributed by atoms with E-state index < -0.39 is 0 Å². The average Bonchev–Trinajstić information content (AvgIpc) is 2.82. The van der Waals surface area contributed by atoms with E-state index in [0.29, 0.717) is 0 Å². The Kier molecular flexibility index (Phi) is 5.51. The van der Waals surface area contributed by atoms with Crippen LogP contribution in [-0.2, 0) is 0 Å². The molecule has 0 aliphatic heterocycles. The summed E-state index contributed by atoms with van der Waals surface area (Å²) in [6.45, 7) is 2.99. The molecule has 1 aliphatic carbocycles. The molecule has 1 aromatic carbocycles. The van der Waals surface area contributed by atoms with Crippen LogP contribution in [0.1, 0.15) is 25.7 Å². The minimum Gasteiger partial charge on any atom is -0.492 e. The van der Waals surface area contributed by atoms with Gasteiger partial charge >= 0.3 is 0 Å². The van der Waals surface area contributed by atoms with Crippen molar-refractivity contribution in [1.29, 1.82) is 0 Å². The second kappa shape index (κ2) is 7.15. The van der Waals surface area contributed by atoms with Gasteiger partial charge in [0.05, 0.1) is 0 Å². The zero-order valence-corrected chi connectivity index (χ0v) is 12.7. The van der Waals surface area contributed by atoms with Crippen LogP contribution in [0.3, 0.4) is 0 Å². The van der Waals surface area contributed by atoms with Crippen LogP contribution in [0.15, 0.2) is 28.7 Å². The molecule has 0 spiro atoms. The van der Waals surface area contributed by atoms with E-state index in [-0.39, 0.29) is 0 Å². The highest BCUT2D eigenvalue weighted by atomic mass is 79.9. The van der Waals surface area contributed by atoms with Gasteiger partial charge in [-0.15, -0.1) is 0 Å². The Morgan fingerprint density at radius 2 is 2.11 bits per heavy atom. The van der Waals surface area contributed by atoms with Crippen LogP contribution in [0.5, 0.6) is 5.75 Å². The van der Waals surface area contributed by atoms with E-state index in [2.05, 4.69) is 27.9 Å². The summed E-state index contributed by atoms with van der Waals surface area (Å²) in [5.41, 5.74) is 0. The lowest BCUT2D eigenvalue weighted by atomic mass is 10.1. The maximum atomic E-state index is 5.75. The van der Waals surface area contributed by atoms with Crippen molar-refractivity contribution in [3.63, 3.8) is 0 Å². The first kappa shape index (κ1) is 13.9. The highest BCUT2D eigenvalue weighted by molar-refractivity contribution is 9.10. The summed E-state index contributed by atoms with van der Waals surface area (Å²) >= 11 is 3.45. The van der Waals surface area contributed by atoms with E-state index >= 15 is 0 Å². The summed E-state index contributed by atoms with van der Waals surface area (Å²) in [4.78, 5) is 2.40. The first-order chi connectivity index (χ1) is 8.74. The lowest BCUT2D eigenvalue weighted by Gasteiger charge is -2.20. The molecule has 1 aromatic rings. The molecule has 0 amide bonds. The number of hydrogen-bond donors (Lipinski definition) is 0. The summed E-state index contributed by atoms with van der Waals surface area (Å²) in [6.07, 6.45) is 5.67. The molecule has 1 fully saturated rings. The van der Waals surface area contributed by atoms with E-state index in [0.717, 1.165) is 29.3 Å². The lowest BCUT2D eigenvalue weighted by molar-refractivity contribution is 0.215. The third-order valence-electron chi connectivity index (χ3n) is 3.58. The normalized spacial score (nSPS) is 16.4. The third-order valence-corrected chi connectivity index (χ3v) is 4.08. The van der Waals surface area contributed by atoms with Crippen LogP contribution in [0.2, 0.25) is 0 Å². The number of rotatable bonds is 6. The maximum absolute atomic E-state index is 5.75. The van der Waals surface area contributed by atoms with Gasteiger partial charge in [0.2, 0.25) is 0 Å². The Balaban J connectivity index is 1.65. The predicted octanol–water partition coefficient (Wildman–Crippen LogP) is 3.95. The lowest BCUT2D eigenvalue weighted by Crippen LogP contribution is -2.28. The Morgan fingerprint density at radius 3 is 2.83 bits per heavy atom. The van der Waals surface area contributed by atoms with Crippen LogP contribution >= 0.6 is 15.9 Å². The zero-order valence-electron chi connectivity index (χ0n) is 11.1. The first-order valence-electron chi connectivity index (χ1n) is 6.81. The molecular formula is C15H22BrNO. The van der Waals surface area contributed by atoms with Crippen molar-refractivity contribution in [3.05, 3.63) is 28.7 Å². The molecule has 0 unspecified atom stereocenters. The van der Waals surface area contributed by atoms with Crippen molar-refractivity contribution in [2.75, 3.05) is 26.7 Å². The Morgan fingerprint density at radius 1 is 1.33 bits per heavy atom. The molecule has 2 nitrogen and oxygen atoms in total. The van der Waals surface area contributed by atoms with E-state index in [1.54, 1.807) is 0 Å². The number of likely N-dealkylation sites (N-methyl/N-ethyl adjacent to an activating group) is 1. The summed E-state index contributed by atoms with van der Waals surface area (Å²) in [5, 5.41) is 0. The highest BCUT2D eigenvalue weighted by Crippen LogP contribution is 2.25. The summed E-state index contributed by atoms with van der Waals surface area (Å²) < 4.78 is 6.82. The number of nitrogens with zero attached hydrogens (tertiary/aromatic N) is 1. The topological polar surface area (TPSA) is 12.5 Å². The molecule has 0 radical (unpaired) electrons. The standard InChI is InChI=1S/C15H22BrNO/c1-17(12-13-5-2-3-6-13)9-10-18-15-8-4-7-14(16)11-15/h4,7-8,11,13H,2-3,5-6,9-10,12H2,1H3. The van der Waals surface area contributed by atoms with E-state index in [9.17, 15) is 0 Å². The second-order valence-electron chi connectivity index (χ2n) is 5.22. The van der Waals surface area contributed by atoms with E-state index in [1.165, 1.54) is 32.2 Å². The van der Waals surface area contributed by atoms with Crippen LogP contribution < -0.4 is 4.74 Å². The maximum Gasteiger partial charge on any atom is 0.120 e. The van der Waals surface area contributed by atoms with Gasteiger partial charge in [0.1, 0.15) is 12.4 Å². The predicted molar refractivity (Wildman–Crippen MR) is 79.1 cm³/mol. The van der Waals surface area contributed by atoms with Gasteiger partial charge in [0.25, 0.3) is 0 Å². The molecule has 1 saturated carbocycles. The smallest absolute Gasteiger partial charge is 0.120 e. The minimum atomic E-state index is 0.764. The molecular weight excluding hydrogens is 290 g/mol. The van der Waals surface area contributed by atoms with Crippen LogP contribution in [0.4, 0.5) is 0 Å². The fourth-order valence-corrected chi connectivity index (χ4v) is 2.98. The van der Waals surface area contributed by atoms with Crippen LogP contribution in [0, 0.1) is 5.92 Å². The summed E-state index contributed by atoms with van der Waals surface area (Å²) in [6, 6.07) is 8.03. The quantitative estimate of drug-likeness (QED) is 0.788. The van der Waals surface area contributed by atoms with Gasteiger partial charge in [-0.2, -0.15) is 0 Å². The Bertz CT molecular complexity index is 363. The zero-order chi connectivity index (χ0) is 12.8. The third kappa shape index (κ3) is 4.62. The molecule has 0 aromatic heterocycles. The van der Waals surface area contributed by atoms with Crippen molar-refractivity contribution in [1.82, 2.24) is 4.90 Å². The highest BCUT2D eigenvalue weighted by Gasteiger charge is 2.16. The Labute approximate surface area is 118 Å². The number of halogens is 1. The van der Waals surface area contributed by atoms with Gasteiger partial charge in [-0.25, -0.2) is 0 Å². The molecule has 100 valence electrons. The van der Waals surface area contributed by atoms with E-state index in [1.807, 2.05) is 24.3 Å². The van der Waals surface area contributed by atoms with Gasteiger partial charge in [0, 0.05) is 17.6 Å². The van der Waals surface area contributed by atoms with Crippen LogP contribution in [0.25, 0.3) is 0 Å². The molecule has 18 heavy (non-hydrogen) atoms. The minimum absolute atomic E-state index is 0.764. The summed E-state index contributed by atoms with van der Waals surface area (Å²) in [5.74, 6) is 1.86. The molecule has 0 bridgehead atoms.